The molecule has 7 atom stereocenters. The number of aliphatic hydroxyl groups is 1. The lowest BCUT2D eigenvalue weighted by Gasteiger charge is -2.28. The highest BCUT2D eigenvalue weighted by molar-refractivity contribution is 7.89. The van der Waals surface area contributed by atoms with Crippen LogP contribution in [0.25, 0.3) is 10.8 Å². The molecule has 0 saturated heterocycles. The van der Waals surface area contributed by atoms with Gasteiger partial charge in [-0.05, 0) is 89.2 Å². The fourth-order valence-electron chi connectivity index (χ4n) is 8.75. The zero-order chi connectivity index (χ0) is 70.2. The maximum atomic E-state index is 14.6. The van der Waals surface area contributed by atoms with Crippen molar-refractivity contribution in [2.75, 3.05) is 65.5 Å². The number of sulfonamides is 1. The van der Waals surface area contributed by atoms with Gasteiger partial charge in [0.25, 0.3) is 0 Å². The summed E-state index contributed by atoms with van der Waals surface area (Å²) in [6.07, 6.45) is 2.50. The minimum atomic E-state index is -3.93. The Morgan fingerprint density at radius 1 is 0.426 bits per heavy atom. The minimum absolute atomic E-state index is 0.00557. The number of primary amides is 1. The number of hydrogen-bond donors (Lipinski definition) is 23. The fourth-order valence-corrected chi connectivity index (χ4v) is 10.0. The van der Waals surface area contributed by atoms with Crippen LogP contribution in [0.3, 0.4) is 0 Å². The number of hydrogen-bond acceptors (Lipinski definition) is 19. The summed E-state index contributed by atoms with van der Waals surface area (Å²) < 4.78 is 28.7. The first-order valence-corrected chi connectivity index (χ1v) is 31.4. The summed E-state index contributed by atoms with van der Waals surface area (Å²) in [4.78, 5) is 139. The number of fused-ring (bicyclic) bond motifs is 1. The standard InChI is InChI=1S/C53H95N29O11S/c54-41(85)32(9-2-18-69-48(55)56)77-42(86)33(10-3-19-70-49(57)58)78-43(87)34(11-4-20-71-50(59)60)79-44(88)35(12-5-21-72-51(61)62)80-45(89)36(13-6-22-73-52(63)64)81-46(90)37(14-7-23-74-53(65)66)82-47(91)38(29-83)76-40(84)17-25-67-26-27-75-94(92,93)39-15-1-8-30-28-68-24-16-31(30)39/h1,8,15-16,24,28,32-38,67,75,83H,2-7,9-14,17-23,25-27,29H2,(H2,54,85)(H,76,84)(H,77,86)(H,78,87)(H,79,88)(H,80,89)(H,81,90)(H,82,91)(H4,55,56,69)(H4,57,58,70)(H4,59,60,71)(H4,61,62,72)(H4,63,64,73)(H4,65,66,74)/t32-,33-,34-,35-,36-,37-,38-/m0/s1. The Kier molecular flexibility index (Phi) is 37.1. The van der Waals surface area contributed by atoms with Gasteiger partial charge >= 0.3 is 0 Å². The summed E-state index contributed by atoms with van der Waals surface area (Å²) >= 11 is 0. The third kappa shape index (κ3) is 33.2. The quantitative estimate of drug-likeness (QED) is 0.0166. The molecule has 94 heavy (non-hydrogen) atoms. The molecule has 524 valence electrons. The van der Waals surface area contributed by atoms with Crippen LogP contribution in [-0.2, 0) is 48.4 Å². The van der Waals surface area contributed by atoms with E-state index in [1.807, 2.05) is 0 Å². The molecule has 0 bridgehead atoms. The van der Waals surface area contributed by atoms with E-state index < -0.39 is 106 Å². The zero-order valence-corrected chi connectivity index (χ0v) is 53.2. The van der Waals surface area contributed by atoms with Crippen molar-refractivity contribution in [2.24, 2.45) is 104 Å². The van der Waals surface area contributed by atoms with Crippen molar-refractivity contribution < 1.29 is 51.9 Å². The van der Waals surface area contributed by atoms with Crippen LogP contribution in [0, 0.1) is 0 Å². The van der Waals surface area contributed by atoms with Crippen LogP contribution >= 0.6 is 0 Å². The van der Waals surface area contributed by atoms with E-state index in [1.54, 1.807) is 24.4 Å². The molecule has 0 aliphatic rings. The van der Waals surface area contributed by atoms with Gasteiger partial charge in [0, 0.05) is 88.5 Å². The number of pyridine rings is 1. The summed E-state index contributed by atoms with van der Waals surface area (Å²) in [6.45, 7) is -0.911. The first-order chi connectivity index (χ1) is 44.5. The molecule has 0 aliphatic carbocycles. The second-order valence-corrected chi connectivity index (χ2v) is 22.8. The Hall–Kier alpha value is -10.2. The molecule has 0 saturated carbocycles. The van der Waals surface area contributed by atoms with Crippen molar-refractivity contribution in [1.29, 1.82) is 0 Å². The number of aliphatic imine (C=N–C) groups is 6. The monoisotopic (exact) mass is 1350 g/mol. The van der Waals surface area contributed by atoms with Crippen molar-refractivity contribution in [3.8, 4) is 0 Å². The lowest BCUT2D eigenvalue weighted by molar-refractivity contribution is -0.136. The normalized spacial score (nSPS) is 13.2. The van der Waals surface area contributed by atoms with Crippen LogP contribution in [0.15, 0.2) is 71.5 Å². The number of benzene rings is 1. The molecule has 2 aromatic rings. The van der Waals surface area contributed by atoms with Gasteiger partial charge in [0.1, 0.15) is 42.3 Å². The molecule has 8 amide bonds. The predicted molar refractivity (Wildman–Crippen MR) is 354 cm³/mol. The molecule has 0 spiro atoms. The number of carbonyl (C=O) groups is 8. The molecule has 1 aromatic heterocycles. The highest BCUT2D eigenvalue weighted by atomic mass is 32.2. The number of aliphatic hydroxyl groups excluding tert-OH is 1. The molecule has 41 heteroatoms. The Labute approximate surface area is 543 Å². The third-order valence-electron chi connectivity index (χ3n) is 13.4. The van der Waals surface area contributed by atoms with Crippen molar-refractivity contribution in [2.45, 2.75) is 131 Å². The fraction of sp³-hybridized carbons (Fsp3) is 0.566. The van der Waals surface area contributed by atoms with E-state index in [0.29, 0.717) is 10.8 Å². The molecule has 2 rings (SSSR count). The van der Waals surface area contributed by atoms with Crippen LogP contribution in [0.4, 0.5) is 0 Å². The topological polar surface area (TPSA) is 725 Å². The summed E-state index contributed by atoms with van der Waals surface area (Å²) in [7, 11) is -3.93. The Morgan fingerprint density at radius 2 is 0.755 bits per heavy atom. The van der Waals surface area contributed by atoms with Gasteiger partial charge in [-0.15, -0.1) is 0 Å². The smallest absolute Gasteiger partial charge is 0.245 e. The largest absolute Gasteiger partial charge is 0.394 e. The molecule has 0 fully saturated rings. The number of nitrogens with zero attached hydrogens (tertiary/aromatic N) is 7. The van der Waals surface area contributed by atoms with E-state index in [2.05, 4.69) is 82.2 Å². The average Bonchev–Trinajstić information content (AvgIpc) is 0.811. The first-order valence-electron chi connectivity index (χ1n) is 29.9. The molecule has 0 unspecified atom stereocenters. The van der Waals surface area contributed by atoms with E-state index in [1.165, 1.54) is 12.3 Å². The second kappa shape index (κ2) is 43.6. The van der Waals surface area contributed by atoms with Gasteiger partial charge in [0.2, 0.25) is 57.3 Å². The molecule has 0 aliphatic heterocycles. The number of nitrogens with two attached hydrogens (primary N) is 13. The van der Waals surface area contributed by atoms with E-state index in [-0.39, 0.29) is 183 Å². The Balaban J connectivity index is 2.46. The lowest BCUT2D eigenvalue weighted by atomic mass is 10.0. The number of amides is 8. The van der Waals surface area contributed by atoms with Gasteiger partial charge in [-0.3, -0.25) is 73.3 Å². The Morgan fingerprint density at radius 3 is 1.09 bits per heavy atom. The first kappa shape index (κ1) is 79.9. The molecule has 36 N–H and O–H groups in total. The van der Waals surface area contributed by atoms with Crippen molar-refractivity contribution in [1.82, 2.24) is 52.2 Å². The Bertz CT molecular complexity index is 3080. The minimum Gasteiger partial charge on any atom is -0.394 e. The van der Waals surface area contributed by atoms with E-state index in [0.717, 1.165) is 0 Å². The number of nitrogens with one attached hydrogen (secondary N) is 9. The summed E-state index contributed by atoms with van der Waals surface area (Å²) in [6, 6.07) is -3.90. The van der Waals surface area contributed by atoms with Crippen LogP contribution in [0.5, 0.6) is 0 Å². The highest BCUT2D eigenvalue weighted by Gasteiger charge is 2.34. The van der Waals surface area contributed by atoms with Gasteiger partial charge in [-0.1, -0.05) is 12.1 Å². The number of aromatic nitrogens is 1. The number of rotatable bonds is 47. The average molecular weight is 1350 g/mol. The van der Waals surface area contributed by atoms with E-state index >= 15 is 0 Å². The van der Waals surface area contributed by atoms with Crippen molar-refractivity contribution in [3.05, 3.63) is 36.7 Å². The van der Waals surface area contributed by atoms with Crippen LogP contribution in [0.1, 0.15) is 83.5 Å². The van der Waals surface area contributed by atoms with E-state index in [9.17, 15) is 51.9 Å². The van der Waals surface area contributed by atoms with Gasteiger partial charge in [0.15, 0.2) is 35.8 Å². The molecule has 40 nitrogen and oxygen atoms in total. The van der Waals surface area contributed by atoms with E-state index in [4.69, 9.17) is 74.5 Å². The van der Waals surface area contributed by atoms with Crippen LogP contribution in [-0.4, -0.2) is 209 Å². The molecular formula is C53H95N29O11S. The number of guanidine groups is 6. The molecule has 0 radical (unpaired) electrons. The zero-order valence-electron chi connectivity index (χ0n) is 52.3. The van der Waals surface area contributed by atoms with Crippen molar-refractivity contribution in [3.63, 3.8) is 0 Å². The maximum Gasteiger partial charge on any atom is 0.245 e. The third-order valence-corrected chi connectivity index (χ3v) is 14.9. The predicted octanol–water partition coefficient (Wildman–Crippen LogP) is -10.3. The van der Waals surface area contributed by atoms with Crippen LogP contribution < -0.4 is 122 Å². The van der Waals surface area contributed by atoms with Crippen LogP contribution in [0.2, 0.25) is 0 Å². The summed E-state index contributed by atoms with van der Waals surface area (Å²) in [5, 5.41) is 32.3. The van der Waals surface area contributed by atoms with Gasteiger partial charge in [-0.2, -0.15) is 0 Å². The number of carbonyl (C=O) groups excluding carboxylic acids is 8. The van der Waals surface area contributed by atoms with Gasteiger partial charge < -0.3 is 122 Å². The maximum absolute atomic E-state index is 14.6. The summed E-state index contributed by atoms with van der Waals surface area (Å²) in [5.74, 6) is -8.84. The lowest BCUT2D eigenvalue weighted by Crippen LogP contribution is -2.60. The molecular weight excluding hydrogens is 1250 g/mol. The highest BCUT2D eigenvalue weighted by Crippen LogP contribution is 2.22. The second-order valence-electron chi connectivity index (χ2n) is 21.0. The van der Waals surface area contributed by atoms with Crippen molar-refractivity contribution >= 4 is 104 Å². The van der Waals surface area contributed by atoms with Gasteiger partial charge in [0.05, 0.1) is 11.5 Å². The van der Waals surface area contributed by atoms with Gasteiger partial charge in [-0.25, -0.2) is 13.1 Å². The molecule has 1 aromatic carbocycles. The SMILES string of the molecule is NC(=O)[C@H](CCCN=C(N)N)NC(=O)[C@H](CCCN=C(N)N)NC(=O)[C@H](CCCN=C(N)N)NC(=O)[C@H](CCCN=C(N)N)NC(=O)[C@H](CCCN=C(N)N)NC(=O)[C@H](CCCN=C(N)N)NC(=O)[C@H](CO)NC(=O)CCNCCNS(=O)(=O)c1cccc2cnccc12. The molecule has 1 heterocycles. The summed E-state index contributed by atoms with van der Waals surface area (Å²) in [5.41, 5.74) is 71.8.